The van der Waals surface area contributed by atoms with Gasteiger partial charge in [-0.25, -0.2) is 0 Å². The van der Waals surface area contributed by atoms with Crippen LogP contribution in [0.15, 0.2) is 65.8 Å². The molecule has 160 valence electrons. The summed E-state index contributed by atoms with van der Waals surface area (Å²) in [5, 5.41) is 15.4. The Labute approximate surface area is 197 Å². The number of non-ortho nitro benzene ring substituents is 1. The van der Waals surface area contributed by atoms with Gasteiger partial charge < -0.3 is 14.3 Å². The normalized spacial score (nSPS) is 10.8. The smallest absolute Gasteiger partial charge is 0.269 e. The highest BCUT2D eigenvalue weighted by Crippen LogP contribution is 2.34. The summed E-state index contributed by atoms with van der Waals surface area (Å²) in [6.45, 7) is 0.428. The van der Waals surface area contributed by atoms with Crippen LogP contribution in [0.1, 0.15) is 16.7 Å². The molecule has 0 spiro atoms. The molecular weight excluding hydrogens is 535 g/mol. The Morgan fingerprint density at radius 2 is 1.94 bits per heavy atom. The van der Waals surface area contributed by atoms with Crippen molar-refractivity contribution in [1.29, 1.82) is 0 Å². The molecule has 0 bridgehead atoms. The quantitative estimate of drug-likeness (QED) is 0.141. The van der Waals surface area contributed by atoms with Gasteiger partial charge in [-0.15, -0.1) is 0 Å². The standard InChI is InChI=1S/C22H18ClIN2O5/c1-29-21-11-16(12-25-31-13-15-5-4-7-18(9-15)26(27)28)10-20(24)22(21)30-14-17-6-2-3-8-19(17)23/h2-12H,13-14H2,1H3/b25-12-. The molecule has 0 fully saturated rings. The van der Waals surface area contributed by atoms with Crippen molar-refractivity contribution in [1.82, 2.24) is 0 Å². The Bertz CT molecular complexity index is 1110. The van der Waals surface area contributed by atoms with Gasteiger partial charge in [0.15, 0.2) is 11.5 Å². The van der Waals surface area contributed by atoms with Gasteiger partial charge in [0.05, 0.1) is 21.8 Å². The first-order valence-corrected chi connectivity index (χ1v) is 10.6. The van der Waals surface area contributed by atoms with Crippen molar-refractivity contribution in [3.63, 3.8) is 0 Å². The molecule has 3 rings (SSSR count). The first kappa shape index (κ1) is 22.8. The molecule has 0 heterocycles. The molecule has 0 saturated carbocycles. The van der Waals surface area contributed by atoms with E-state index in [0.717, 1.165) is 14.7 Å². The van der Waals surface area contributed by atoms with Gasteiger partial charge >= 0.3 is 0 Å². The van der Waals surface area contributed by atoms with Gasteiger partial charge in [-0.05, 0) is 46.4 Å². The third-order valence-corrected chi connectivity index (χ3v) is 5.38. The number of hydrogen-bond acceptors (Lipinski definition) is 6. The molecule has 0 aliphatic carbocycles. The van der Waals surface area contributed by atoms with Gasteiger partial charge in [0, 0.05) is 28.3 Å². The monoisotopic (exact) mass is 552 g/mol. The first-order valence-electron chi connectivity index (χ1n) is 9.10. The Balaban J connectivity index is 1.65. The minimum atomic E-state index is -0.448. The zero-order chi connectivity index (χ0) is 22.2. The number of nitro benzene ring substituents is 1. The van der Waals surface area contributed by atoms with Gasteiger partial charge in [-0.2, -0.15) is 0 Å². The third-order valence-electron chi connectivity index (χ3n) is 4.21. The van der Waals surface area contributed by atoms with E-state index in [-0.39, 0.29) is 12.3 Å². The lowest BCUT2D eigenvalue weighted by Gasteiger charge is -2.14. The van der Waals surface area contributed by atoms with E-state index in [1.54, 1.807) is 31.5 Å². The topological polar surface area (TPSA) is 83.2 Å². The number of nitrogens with zero attached hydrogens (tertiary/aromatic N) is 2. The average Bonchev–Trinajstić information content (AvgIpc) is 2.77. The number of rotatable bonds is 9. The van der Waals surface area contributed by atoms with Crippen molar-refractivity contribution < 1.29 is 19.2 Å². The number of methoxy groups -OCH3 is 1. The van der Waals surface area contributed by atoms with Crippen LogP contribution in [0.25, 0.3) is 0 Å². The van der Waals surface area contributed by atoms with E-state index in [2.05, 4.69) is 27.7 Å². The predicted octanol–water partition coefficient (Wildman–Crippen LogP) is 5.99. The summed E-state index contributed by atoms with van der Waals surface area (Å²) >= 11 is 8.35. The van der Waals surface area contributed by atoms with Crippen LogP contribution >= 0.6 is 34.2 Å². The van der Waals surface area contributed by atoms with E-state index in [1.165, 1.54) is 12.1 Å². The third kappa shape index (κ3) is 6.31. The second kappa shape index (κ2) is 11.0. The molecule has 0 aliphatic rings. The lowest BCUT2D eigenvalue weighted by atomic mass is 10.2. The largest absolute Gasteiger partial charge is 0.493 e. The summed E-state index contributed by atoms with van der Waals surface area (Å²) in [6, 6.07) is 17.4. The summed E-state index contributed by atoms with van der Waals surface area (Å²) < 4.78 is 12.3. The maximum atomic E-state index is 10.8. The molecule has 0 radical (unpaired) electrons. The van der Waals surface area contributed by atoms with E-state index >= 15 is 0 Å². The number of ether oxygens (including phenoxy) is 2. The fourth-order valence-electron chi connectivity index (χ4n) is 2.69. The highest BCUT2D eigenvalue weighted by molar-refractivity contribution is 14.1. The Morgan fingerprint density at radius 1 is 1.13 bits per heavy atom. The van der Waals surface area contributed by atoms with Gasteiger partial charge in [0.1, 0.15) is 13.2 Å². The Morgan fingerprint density at radius 3 is 2.68 bits per heavy atom. The minimum absolute atomic E-state index is 0.0109. The second-order valence-electron chi connectivity index (χ2n) is 6.35. The molecule has 0 amide bonds. The maximum Gasteiger partial charge on any atom is 0.269 e. The molecule has 0 N–H and O–H groups in total. The molecule has 0 unspecified atom stereocenters. The van der Waals surface area contributed by atoms with Crippen LogP contribution in [0.3, 0.4) is 0 Å². The number of benzene rings is 3. The summed E-state index contributed by atoms with van der Waals surface area (Å²) in [6.07, 6.45) is 1.54. The molecular formula is C22H18ClIN2O5. The predicted molar refractivity (Wildman–Crippen MR) is 127 cm³/mol. The Hall–Kier alpha value is -2.85. The Kier molecular flexibility index (Phi) is 8.07. The highest BCUT2D eigenvalue weighted by Gasteiger charge is 2.12. The van der Waals surface area contributed by atoms with Crippen molar-refractivity contribution in [2.45, 2.75) is 13.2 Å². The van der Waals surface area contributed by atoms with Crippen LogP contribution in [-0.4, -0.2) is 18.2 Å². The zero-order valence-electron chi connectivity index (χ0n) is 16.5. The zero-order valence-corrected chi connectivity index (χ0v) is 19.4. The van der Waals surface area contributed by atoms with Crippen LogP contribution in [0.2, 0.25) is 5.02 Å². The number of halogens is 2. The SMILES string of the molecule is COc1cc(/C=N\OCc2cccc([N+](=O)[O-])c2)cc(I)c1OCc1ccccc1Cl. The second-order valence-corrected chi connectivity index (χ2v) is 7.92. The van der Waals surface area contributed by atoms with Gasteiger partial charge in [-0.1, -0.05) is 47.1 Å². The summed E-state index contributed by atoms with van der Waals surface area (Å²) in [5.41, 5.74) is 2.30. The fourth-order valence-corrected chi connectivity index (χ4v) is 3.66. The average molecular weight is 553 g/mol. The molecule has 3 aromatic carbocycles. The van der Waals surface area contributed by atoms with Crippen LogP contribution < -0.4 is 9.47 Å². The van der Waals surface area contributed by atoms with E-state index in [1.807, 2.05) is 30.3 Å². The molecule has 7 nitrogen and oxygen atoms in total. The van der Waals surface area contributed by atoms with Crippen molar-refractivity contribution in [3.05, 3.63) is 96.1 Å². The van der Waals surface area contributed by atoms with Crippen LogP contribution in [0, 0.1) is 13.7 Å². The lowest BCUT2D eigenvalue weighted by Crippen LogP contribution is -2.01. The van der Waals surface area contributed by atoms with Gasteiger partial charge in [0.25, 0.3) is 5.69 Å². The first-order chi connectivity index (χ1) is 15.0. The molecule has 0 aromatic heterocycles. The van der Waals surface area contributed by atoms with Gasteiger partial charge in [-0.3, -0.25) is 10.1 Å². The lowest BCUT2D eigenvalue weighted by molar-refractivity contribution is -0.384. The fraction of sp³-hybridized carbons (Fsp3) is 0.136. The molecule has 0 atom stereocenters. The summed E-state index contributed by atoms with van der Waals surface area (Å²) in [5.74, 6) is 1.16. The van der Waals surface area contributed by atoms with E-state index in [4.69, 9.17) is 25.9 Å². The molecule has 3 aromatic rings. The maximum absolute atomic E-state index is 10.8. The number of oxime groups is 1. The highest BCUT2D eigenvalue weighted by atomic mass is 127. The van der Waals surface area contributed by atoms with E-state index in [9.17, 15) is 10.1 Å². The van der Waals surface area contributed by atoms with Crippen LogP contribution in [0.4, 0.5) is 5.69 Å². The van der Waals surface area contributed by atoms with Crippen molar-refractivity contribution >= 4 is 46.1 Å². The summed E-state index contributed by atoms with van der Waals surface area (Å²) in [7, 11) is 1.56. The van der Waals surface area contributed by atoms with E-state index < -0.39 is 4.92 Å². The van der Waals surface area contributed by atoms with Gasteiger partial charge in [0.2, 0.25) is 0 Å². The van der Waals surface area contributed by atoms with Crippen LogP contribution in [-0.2, 0) is 18.1 Å². The molecule has 0 aliphatic heterocycles. The number of hydrogen-bond donors (Lipinski definition) is 0. The van der Waals surface area contributed by atoms with Crippen molar-refractivity contribution in [2.75, 3.05) is 7.11 Å². The molecule has 31 heavy (non-hydrogen) atoms. The minimum Gasteiger partial charge on any atom is -0.493 e. The van der Waals surface area contributed by atoms with Crippen molar-refractivity contribution in [3.8, 4) is 11.5 Å². The van der Waals surface area contributed by atoms with E-state index in [0.29, 0.717) is 28.7 Å². The molecule has 0 saturated heterocycles. The number of nitro groups is 1. The molecule has 9 heteroatoms. The van der Waals surface area contributed by atoms with Crippen LogP contribution in [0.5, 0.6) is 11.5 Å². The summed E-state index contributed by atoms with van der Waals surface area (Å²) in [4.78, 5) is 15.7. The van der Waals surface area contributed by atoms with Crippen molar-refractivity contribution in [2.24, 2.45) is 5.16 Å².